The Bertz CT molecular complexity index is 716. The van der Waals surface area contributed by atoms with Gasteiger partial charge in [-0.25, -0.2) is 0 Å². The fraction of sp³-hybridized carbons (Fsp3) is 0.400. The number of carbonyl (C=O) groups excluding carboxylic acids is 1. The van der Waals surface area contributed by atoms with Crippen molar-refractivity contribution in [3.8, 4) is 0 Å². The molecular formula is C25H34N2O. The Kier molecular flexibility index (Phi) is 7.86. The molecule has 0 aromatic heterocycles. The lowest BCUT2D eigenvalue weighted by Crippen LogP contribution is -2.16. The number of aldehydes is 1. The Labute approximate surface area is 170 Å². The molecule has 0 fully saturated rings. The van der Waals surface area contributed by atoms with E-state index in [9.17, 15) is 4.79 Å². The monoisotopic (exact) mass is 378 g/mol. The van der Waals surface area contributed by atoms with Crippen LogP contribution in [0.25, 0.3) is 0 Å². The van der Waals surface area contributed by atoms with Gasteiger partial charge in [0.2, 0.25) is 0 Å². The first-order chi connectivity index (χ1) is 13.4. The summed E-state index contributed by atoms with van der Waals surface area (Å²) in [5.41, 5.74) is 5.99. The summed E-state index contributed by atoms with van der Waals surface area (Å²) in [6.45, 7) is 4.31. The molecule has 0 amide bonds. The van der Waals surface area contributed by atoms with E-state index in [1.807, 2.05) is 28.2 Å². The number of carbonyl (C=O) groups is 1. The minimum atomic E-state index is -0.176. The molecule has 0 saturated heterocycles. The van der Waals surface area contributed by atoms with Gasteiger partial charge in [-0.15, -0.1) is 0 Å². The van der Waals surface area contributed by atoms with Crippen LogP contribution >= 0.6 is 0 Å². The highest BCUT2D eigenvalue weighted by molar-refractivity contribution is 5.62. The highest BCUT2D eigenvalue weighted by Gasteiger charge is 2.24. The molecule has 0 saturated carbocycles. The van der Waals surface area contributed by atoms with Crippen molar-refractivity contribution < 1.29 is 4.79 Å². The SMILES string of the molecule is CCC(=C[C@@H](C=O)C(c1ccc(N(C)C)cc1)c1ccc(N(C)C)cc1)CC. The second-order valence-corrected chi connectivity index (χ2v) is 7.70. The topological polar surface area (TPSA) is 23.6 Å². The summed E-state index contributed by atoms with van der Waals surface area (Å²) in [5.74, 6) is -0.164. The zero-order chi connectivity index (χ0) is 20.7. The normalized spacial score (nSPS) is 11.8. The van der Waals surface area contributed by atoms with E-state index in [2.05, 4.69) is 78.3 Å². The number of anilines is 2. The molecule has 0 aliphatic carbocycles. The van der Waals surface area contributed by atoms with Gasteiger partial charge in [-0.2, -0.15) is 0 Å². The van der Waals surface area contributed by atoms with Crippen LogP contribution in [-0.2, 0) is 4.79 Å². The van der Waals surface area contributed by atoms with Crippen molar-refractivity contribution in [1.82, 2.24) is 0 Å². The predicted octanol–water partition coefficient (Wildman–Crippen LogP) is 5.51. The molecule has 0 aliphatic rings. The minimum absolute atomic E-state index is 0.0121. The standard InChI is InChI=1S/C25H34N2O/c1-7-19(8-2)17-22(18-28)25(20-9-13-23(14-10-20)26(3)4)21-11-15-24(16-12-21)27(5)6/h9-18,22,25H,7-8H2,1-6H3/t22-/m0/s1. The van der Waals surface area contributed by atoms with Crippen LogP contribution in [0.5, 0.6) is 0 Å². The molecule has 0 bridgehead atoms. The Morgan fingerprint density at radius 1 is 0.786 bits per heavy atom. The maximum atomic E-state index is 12.1. The highest BCUT2D eigenvalue weighted by atomic mass is 16.1. The van der Waals surface area contributed by atoms with Crippen LogP contribution in [0.3, 0.4) is 0 Å². The molecule has 0 spiro atoms. The van der Waals surface area contributed by atoms with Gasteiger partial charge in [-0.05, 0) is 48.2 Å². The number of benzene rings is 2. The van der Waals surface area contributed by atoms with E-state index in [0.29, 0.717) is 0 Å². The predicted molar refractivity (Wildman–Crippen MR) is 122 cm³/mol. The molecule has 3 nitrogen and oxygen atoms in total. The van der Waals surface area contributed by atoms with Crippen molar-refractivity contribution in [3.63, 3.8) is 0 Å². The van der Waals surface area contributed by atoms with Crippen molar-refractivity contribution in [2.24, 2.45) is 5.92 Å². The van der Waals surface area contributed by atoms with Crippen molar-refractivity contribution in [3.05, 3.63) is 71.3 Å². The van der Waals surface area contributed by atoms with Crippen LogP contribution in [0.2, 0.25) is 0 Å². The Morgan fingerprint density at radius 2 is 1.18 bits per heavy atom. The van der Waals surface area contributed by atoms with E-state index in [4.69, 9.17) is 0 Å². The fourth-order valence-corrected chi connectivity index (χ4v) is 3.57. The number of allylic oxidation sites excluding steroid dienone is 2. The van der Waals surface area contributed by atoms with Gasteiger partial charge >= 0.3 is 0 Å². The third-order valence-electron chi connectivity index (χ3n) is 5.42. The van der Waals surface area contributed by atoms with Gasteiger partial charge in [0.25, 0.3) is 0 Å². The Morgan fingerprint density at radius 3 is 1.46 bits per heavy atom. The fourth-order valence-electron chi connectivity index (χ4n) is 3.57. The third kappa shape index (κ3) is 5.25. The summed E-state index contributed by atoms with van der Waals surface area (Å²) in [4.78, 5) is 16.3. The molecule has 0 radical (unpaired) electrons. The van der Waals surface area contributed by atoms with Gasteiger partial charge in [-0.3, -0.25) is 0 Å². The van der Waals surface area contributed by atoms with Crippen LogP contribution in [-0.4, -0.2) is 34.5 Å². The van der Waals surface area contributed by atoms with Gasteiger partial charge in [0.05, 0.1) is 0 Å². The first-order valence-corrected chi connectivity index (χ1v) is 10.1. The largest absolute Gasteiger partial charge is 0.378 e. The zero-order valence-corrected chi connectivity index (χ0v) is 18.1. The molecule has 2 aromatic rings. The van der Waals surface area contributed by atoms with Crippen molar-refractivity contribution in [2.75, 3.05) is 38.0 Å². The maximum Gasteiger partial charge on any atom is 0.127 e. The molecule has 3 heteroatoms. The van der Waals surface area contributed by atoms with E-state index in [-0.39, 0.29) is 11.8 Å². The van der Waals surface area contributed by atoms with Crippen LogP contribution in [0.4, 0.5) is 11.4 Å². The minimum Gasteiger partial charge on any atom is -0.378 e. The van der Waals surface area contributed by atoms with Gasteiger partial charge in [-0.1, -0.05) is 49.8 Å². The van der Waals surface area contributed by atoms with Gasteiger partial charge in [0.1, 0.15) is 6.29 Å². The summed E-state index contributed by atoms with van der Waals surface area (Å²) in [6, 6.07) is 17.1. The average Bonchev–Trinajstić information content (AvgIpc) is 2.71. The number of rotatable bonds is 9. The summed E-state index contributed by atoms with van der Waals surface area (Å²) < 4.78 is 0. The van der Waals surface area contributed by atoms with Crippen LogP contribution in [0, 0.1) is 5.92 Å². The van der Waals surface area contributed by atoms with E-state index < -0.39 is 0 Å². The lowest BCUT2D eigenvalue weighted by molar-refractivity contribution is -0.110. The van der Waals surface area contributed by atoms with E-state index in [1.165, 1.54) is 16.7 Å². The van der Waals surface area contributed by atoms with Gasteiger partial charge in [0.15, 0.2) is 0 Å². The lowest BCUT2D eigenvalue weighted by atomic mass is 9.80. The van der Waals surface area contributed by atoms with Crippen molar-refractivity contribution in [2.45, 2.75) is 32.6 Å². The summed E-state index contributed by atoms with van der Waals surface area (Å²) >= 11 is 0. The van der Waals surface area contributed by atoms with Gasteiger partial charge in [0, 0.05) is 51.4 Å². The molecule has 0 aliphatic heterocycles. The molecule has 0 heterocycles. The summed E-state index contributed by atoms with van der Waals surface area (Å²) in [7, 11) is 8.16. The lowest BCUT2D eigenvalue weighted by Gasteiger charge is -2.24. The highest BCUT2D eigenvalue weighted by Crippen LogP contribution is 2.35. The average molecular weight is 379 g/mol. The molecule has 2 aromatic carbocycles. The molecule has 0 unspecified atom stereocenters. The second-order valence-electron chi connectivity index (χ2n) is 7.70. The van der Waals surface area contributed by atoms with E-state index in [0.717, 1.165) is 30.5 Å². The van der Waals surface area contributed by atoms with E-state index in [1.54, 1.807) is 0 Å². The first kappa shape index (κ1) is 21.7. The summed E-state index contributed by atoms with van der Waals surface area (Å²) in [6.07, 6.45) is 5.24. The Balaban J connectivity index is 2.53. The van der Waals surface area contributed by atoms with Crippen molar-refractivity contribution >= 4 is 17.7 Å². The van der Waals surface area contributed by atoms with E-state index >= 15 is 0 Å². The zero-order valence-electron chi connectivity index (χ0n) is 18.1. The van der Waals surface area contributed by atoms with Gasteiger partial charge < -0.3 is 14.6 Å². The van der Waals surface area contributed by atoms with Crippen LogP contribution < -0.4 is 9.80 Å². The summed E-state index contributed by atoms with van der Waals surface area (Å²) in [5, 5.41) is 0. The number of hydrogen-bond donors (Lipinski definition) is 0. The van der Waals surface area contributed by atoms with Crippen LogP contribution in [0.1, 0.15) is 43.7 Å². The number of nitrogens with zero attached hydrogens (tertiary/aromatic N) is 2. The molecule has 28 heavy (non-hydrogen) atoms. The molecule has 0 N–H and O–H groups in total. The van der Waals surface area contributed by atoms with Crippen LogP contribution in [0.15, 0.2) is 60.2 Å². The second kappa shape index (κ2) is 10.1. The quantitative estimate of drug-likeness (QED) is 0.424. The molecule has 1 atom stereocenters. The smallest absolute Gasteiger partial charge is 0.127 e. The van der Waals surface area contributed by atoms with Crippen molar-refractivity contribution in [1.29, 1.82) is 0 Å². The first-order valence-electron chi connectivity index (χ1n) is 10.1. The number of hydrogen-bond acceptors (Lipinski definition) is 3. The Hall–Kier alpha value is -2.55. The third-order valence-corrected chi connectivity index (χ3v) is 5.42. The molecular weight excluding hydrogens is 344 g/mol. The maximum absolute atomic E-state index is 12.1. The molecule has 150 valence electrons. The molecule has 2 rings (SSSR count).